The van der Waals surface area contributed by atoms with Gasteiger partial charge in [0.25, 0.3) is 0 Å². The SMILES string of the molecule is CN1CC[C@@]2(CC[C@H](C(C)(C)C)C2)C1. The lowest BCUT2D eigenvalue weighted by Gasteiger charge is -2.29. The van der Waals surface area contributed by atoms with Crippen molar-refractivity contribution in [2.24, 2.45) is 16.7 Å². The lowest BCUT2D eigenvalue weighted by molar-refractivity contribution is 0.208. The predicted octanol–water partition coefficient (Wildman–Crippen LogP) is 3.15. The van der Waals surface area contributed by atoms with Gasteiger partial charge in [0, 0.05) is 6.54 Å². The lowest BCUT2D eigenvalue weighted by Crippen LogP contribution is -2.24. The Morgan fingerprint density at radius 1 is 1.21 bits per heavy atom. The third-order valence-corrected chi connectivity index (χ3v) is 4.56. The molecule has 1 saturated heterocycles. The standard InChI is InChI=1S/C13H25N/c1-12(2,3)11-5-6-13(9-11)7-8-14(4)10-13/h11H,5-10H2,1-4H3/t11-,13+/m0/s1. The molecule has 14 heavy (non-hydrogen) atoms. The molecular formula is C13H25N. The largest absolute Gasteiger partial charge is 0.306 e. The monoisotopic (exact) mass is 195 g/mol. The smallest absolute Gasteiger partial charge is 0.00355 e. The summed E-state index contributed by atoms with van der Waals surface area (Å²) in [7, 11) is 2.28. The molecule has 0 aromatic heterocycles. The molecule has 2 aliphatic rings. The van der Waals surface area contributed by atoms with Gasteiger partial charge in [0.05, 0.1) is 0 Å². The van der Waals surface area contributed by atoms with E-state index in [1.165, 1.54) is 38.8 Å². The molecule has 82 valence electrons. The molecule has 1 spiro atoms. The molecule has 2 fully saturated rings. The highest BCUT2D eigenvalue weighted by Gasteiger charge is 2.45. The minimum atomic E-state index is 0.532. The number of nitrogens with zero attached hydrogens (tertiary/aromatic N) is 1. The maximum absolute atomic E-state index is 2.52. The second-order valence-electron chi connectivity index (χ2n) is 6.79. The normalized spacial score (nSPS) is 39.9. The van der Waals surface area contributed by atoms with E-state index < -0.39 is 0 Å². The minimum Gasteiger partial charge on any atom is -0.306 e. The van der Waals surface area contributed by atoms with E-state index in [2.05, 4.69) is 32.7 Å². The second-order valence-corrected chi connectivity index (χ2v) is 6.79. The quantitative estimate of drug-likeness (QED) is 0.574. The number of rotatable bonds is 0. The molecule has 1 saturated carbocycles. The molecule has 0 amide bonds. The molecule has 0 bridgehead atoms. The first-order valence-corrected chi connectivity index (χ1v) is 6.10. The van der Waals surface area contributed by atoms with Crippen molar-refractivity contribution in [3.05, 3.63) is 0 Å². The van der Waals surface area contributed by atoms with Gasteiger partial charge >= 0.3 is 0 Å². The highest BCUT2D eigenvalue weighted by atomic mass is 15.1. The Kier molecular flexibility index (Phi) is 2.42. The first-order chi connectivity index (χ1) is 6.41. The Balaban J connectivity index is 2.01. The highest BCUT2D eigenvalue weighted by Crippen LogP contribution is 2.52. The van der Waals surface area contributed by atoms with E-state index in [0.717, 1.165) is 5.92 Å². The van der Waals surface area contributed by atoms with Crippen molar-refractivity contribution < 1.29 is 0 Å². The van der Waals surface area contributed by atoms with Gasteiger partial charge in [-0.05, 0) is 56.0 Å². The molecule has 1 aliphatic carbocycles. The van der Waals surface area contributed by atoms with Crippen molar-refractivity contribution in [3.63, 3.8) is 0 Å². The van der Waals surface area contributed by atoms with E-state index in [1.807, 2.05) is 0 Å². The van der Waals surface area contributed by atoms with Crippen LogP contribution in [-0.2, 0) is 0 Å². The van der Waals surface area contributed by atoms with Crippen molar-refractivity contribution >= 4 is 0 Å². The molecule has 0 unspecified atom stereocenters. The van der Waals surface area contributed by atoms with Gasteiger partial charge in [0.2, 0.25) is 0 Å². The van der Waals surface area contributed by atoms with Gasteiger partial charge < -0.3 is 4.90 Å². The fourth-order valence-electron chi connectivity index (χ4n) is 3.48. The van der Waals surface area contributed by atoms with Crippen LogP contribution < -0.4 is 0 Å². The number of hydrogen-bond acceptors (Lipinski definition) is 1. The Morgan fingerprint density at radius 3 is 2.36 bits per heavy atom. The Labute approximate surface area is 88.9 Å². The topological polar surface area (TPSA) is 3.24 Å². The first kappa shape index (κ1) is 10.5. The lowest BCUT2D eigenvalue weighted by atomic mass is 9.76. The summed E-state index contributed by atoms with van der Waals surface area (Å²) in [6, 6.07) is 0. The van der Waals surface area contributed by atoms with Crippen molar-refractivity contribution in [3.8, 4) is 0 Å². The van der Waals surface area contributed by atoms with Crippen LogP contribution in [0.25, 0.3) is 0 Å². The van der Waals surface area contributed by atoms with E-state index in [-0.39, 0.29) is 0 Å². The third-order valence-electron chi connectivity index (χ3n) is 4.56. The molecule has 1 heteroatoms. The van der Waals surface area contributed by atoms with Crippen LogP contribution in [0.2, 0.25) is 0 Å². The van der Waals surface area contributed by atoms with Gasteiger partial charge in [-0.2, -0.15) is 0 Å². The molecule has 0 N–H and O–H groups in total. The van der Waals surface area contributed by atoms with Crippen LogP contribution in [-0.4, -0.2) is 25.0 Å². The summed E-state index contributed by atoms with van der Waals surface area (Å²) in [4.78, 5) is 2.52. The van der Waals surface area contributed by atoms with Crippen molar-refractivity contribution in [1.29, 1.82) is 0 Å². The first-order valence-electron chi connectivity index (χ1n) is 6.10. The van der Waals surface area contributed by atoms with Crippen LogP contribution in [0, 0.1) is 16.7 Å². The summed E-state index contributed by atoms with van der Waals surface area (Å²) in [5.74, 6) is 0.967. The zero-order valence-corrected chi connectivity index (χ0v) is 10.3. The van der Waals surface area contributed by atoms with E-state index in [9.17, 15) is 0 Å². The van der Waals surface area contributed by atoms with Gasteiger partial charge in [-0.1, -0.05) is 20.8 Å². The second kappa shape index (κ2) is 3.23. The summed E-state index contributed by atoms with van der Waals surface area (Å²) in [6.45, 7) is 9.93. The molecule has 1 aliphatic heterocycles. The van der Waals surface area contributed by atoms with Crippen molar-refractivity contribution in [1.82, 2.24) is 4.90 Å². The molecule has 2 rings (SSSR count). The van der Waals surface area contributed by atoms with Gasteiger partial charge in [-0.3, -0.25) is 0 Å². The van der Waals surface area contributed by atoms with Crippen LogP contribution in [0.3, 0.4) is 0 Å². The fraction of sp³-hybridized carbons (Fsp3) is 1.00. The van der Waals surface area contributed by atoms with Crippen LogP contribution in [0.15, 0.2) is 0 Å². The molecular weight excluding hydrogens is 170 g/mol. The average molecular weight is 195 g/mol. The van der Waals surface area contributed by atoms with Gasteiger partial charge in [0.15, 0.2) is 0 Å². The zero-order chi connectivity index (χ0) is 10.4. The molecule has 0 aromatic carbocycles. The van der Waals surface area contributed by atoms with Gasteiger partial charge in [-0.15, -0.1) is 0 Å². The van der Waals surface area contributed by atoms with Crippen molar-refractivity contribution in [2.75, 3.05) is 20.1 Å². The van der Waals surface area contributed by atoms with Crippen LogP contribution in [0.5, 0.6) is 0 Å². The molecule has 1 nitrogen and oxygen atoms in total. The molecule has 0 radical (unpaired) electrons. The Hall–Kier alpha value is -0.0400. The van der Waals surface area contributed by atoms with Gasteiger partial charge in [0.1, 0.15) is 0 Å². The zero-order valence-electron chi connectivity index (χ0n) is 10.3. The Morgan fingerprint density at radius 2 is 1.93 bits per heavy atom. The number of hydrogen-bond donors (Lipinski definition) is 0. The third kappa shape index (κ3) is 1.84. The van der Waals surface area contributed by atoms with Crippen LogP contribution in [0.4, 0.5) is 0 Å². The summed E-state index contributed by atoms with van der Waals surface area (Å²) in [5, 5.41) is 0. The summed E-state index contributed by atoms with van der Waals surface area (Å²) >= 11 is 0. The fourth-order valence-corrected chi connectivity index (χ4v) is 3.48. The van der Waals surface area contributed by atoms with E-state index >= 15 is 0 Å². The van der Waals surface area contributed by atoms with E-state index in [1.54, 1.807) is 0 Å². The van der Waals surface area contributed by atoms with E-state index in [0.29, 0.717) is 10.8 Å². The Bertz CT molecular complexity index is 216. The van der Waals surface area contributed by atoms with Crippen molar-refractivity contribution in [2.45, 2.75) is 46.5 Å². The molecule has 2 atom stereocenters. The van der Waals surface area contributed by atoms with E-state index in [4.69, 9.17) is 0 Å². The number of likely N-dealkylation sites (tertiary alicyclic amines) is 1. The molecule has 0 aromatic rings. The van der Waals surface area contributed by atoms with Crippen LogP contribution >= 0.6 is 0 Å². The minimum absolute atomic E-state index is 0.532. The maximum atomic E-state index is 2.52. The average Bonchev–Trinajstić information content (AvgIpc) is 2.59. The summed E-state index contributed by atoms with van der Waals surface area (Å²) in [5.41, 5.74) is 1.25. The molecule has 1 heterocycles. The van der Waals surface area contributed by atoms with Gasteiger partial charge in [-0.25, -0.2) is 0 Å². The predicted molar refractivity (Wildman–Crippen MR) is 61.3 cm³/mol. The van der Waals surface area contributed by atoms with Crippen LogP contribution in [0.1, 0.15) is 46.5 Å². The highest BCUT2D eigenvalue weighted by molar-refractivity contribution is 4.97. The maximum Gasteiger partial charge on any atom is 0.00355 e. The summed E-state index contributed by atoms with van der Waals surface area (Å²) in [6.07, 6.45) is 5.90. The summed E-state index contributed by atoms with van der Waals surface area (Å²) < 4.78 is 0.